The molecule has 3 fully saturated rings. The van der Waals surface area contributed by atoms with Gasteiger partial charge in [-0.2, -0.15) is 0 Å². The van der Waals surface area contributed by atoms with Crippen molar-refractivity contribution in [3.63, 3.8) is 0 Å². The van der Waals surface area contributed by atoms with Crippen molar-refractivity contribution in [3.8, 4) is 0 Å². The van der Waals surface area contributed by atoms with Gasteiger partial charge in [0, 0.05) is 12.1 Å². The fourth-order valence-electron chi connectivity index (χ4n) is 2.93. The molecule has 3 N–H and O–H groups in total. The van der Waals surface area contributed by atoms with Gasteiger partial charge in [-0.3, -0.25) is 0 Å². The molecule has 3 aliphatic carbocycles. The van der Waals surface area contributed by atoms with E-state index in [1.807, 2.05) is 0 Å². The molecule has 3 saturated carbocycles. The van der Waals surface area contributed by atoms with Crippen LogP contribution < -0.4 is 11.1 Å². The maximum atomic E-state index is 6.23. The maximum Gasteiger partial charge on any atom is 0.0155 e. The molecule has 2 nitrogen and oxygen atoms in total. The second-order valence-electron chi connectivity index (χ2n) is 4.89. The minimum absolute atomic E-state index is 0.232. The highest BCUT2D eigenvalue weighted by Gasteiger charge is 2.45. The predicted molar refractivity (Wildman–Crippen MR) is 51.0 cm³/mol. The molecule has 0 heterocycles. The summed E-state index contributed by atoms with van der Waals surface area (Å²) in [5, 5.41) is 3.33. The molecule has 0 aliphatic heterocycles. The summed E-state index contributed by atoms with van der Waals surface area (Å²) < 4.78 is 0. The van der Waals surface area contributed by atoms with Crippen LogP contribution in [0.4, 0.5) is 0 Å². The Hall–Kier alpha value is -0.0800. The van der Waals surface area contributed by atoms with E-state index in [4.69, 9.17) is 5.73 Å². The summed E-state index contributed by atoms with van der Waals surface area (Å²) in [4.78, 5) is 0. The fraction of sp³-hybridized carbons (Fsp3) is 1.00. The van der Waals surface area contributed by atoms with Gasteiger partial charge in [-0.15, -0.1) is 0 Å². The Labute approximate surface area is 74.9 Å². The summed E-state index contributed by atoms with van der Waals surface area (Å²) >= 11 is 0. The highest BCUT2D eigenvalue weighted by atomic mass is 14.9. The van der Waals surface area contributed by atoms with Crippen LogP contribution >= 0.6 is 0 Å². The fourth-order valence-corrected chi connectivity index (χ4v) is 2.93. The molecule has 70 valence electrons. The van der Waals surface area contributed by atoms with Gasteiger partial charge in [0.1, 0.15) is 0 Å². The van der Waals surface area contributed by atoms with Crippen LogP contribution in [0.15, 0.2) is 0 Å². The lowest BCUT2D eigenvalue weighted by Gasteiger charge is -2.52. The molecule has 2 heteroatoms. The van der Waals surface area contributed by atoms with Crippen molar-refractivity contribution in [1.29, 1.82) is 0 Å². The van der Waals surface area contributed by atoms with E-state index in [1.54, 1.807) is 0 Å². The van der Waals surface area contributed by atoms with Crippen LogP contribution in [0.2, 0.25) is 0 Å². The first-order valence-electron chi connectivity index (χ1n) is 5.12. The van der Waals surface area contributed by atoms with Crippen LogP contribution in [-0.4, -0.2) is 19.1 Å². The smallest absolute Gasteiger partial charge is 0.0155 e. The molecule has 0 atom stereocenters. The summed E-state index contributed by atoms with van der Waals surface area (Å²) in [6.07, 6.45) is 7.83. The highest BCUT2D eigenvalue weighted by Crippen LogP contribution is 2.50. The maximum absolute atomic E-state index is 6.23. The third-order valence-corrected chi connectivity index (χ3v) is 4.01. The van der Waals surface area contributed by atoms with E-state index in [1.165, 1.54) is 45.1 Å². The molecule has 0 saturated heterocycles. The zero-order valence-corrected chi connectivity index (χ0v) is 8.03. The van der Waals surface area contributed by atoms with Crippen molar-refractivity contribution >= 4 is 0 Å². The Bertz CT molecular complexity index is 152. The SMILES string of the molecule is CNCC12CCC(N)(CC1)CC2. The average molecular weight is 168 g/mol. The lowest BCUT2D eigenvalue weighted by Crippen LogP contribution is -2.54. The minimum atomic E-state index is 0.232. The average Bonchev–Trinajstić information content (AvgIpc) is 2.08. The van der Waals surface area contributed by atoms with E-state index >= 15 is 0 Å². The van der Waals surface area contributed by atoms with Crippen molar-refractivity contribution in [2.24, 2.45) is 11.1 Å². The van der Waals surface area contributed by atoms with E-state index in [2.05, 4.69) is 12.4 Å². The lowest BCUT2D eigenvalue weighted by atomic mass is 9.57. The standard InChI is InChI=1S/C10H20N2/c1-12-8-9-2-5-10(11,6-3-9)7-4-9/h12H,2-8,11H2,1H3. The van der Waals surface area contributed by atoms with E-state index in [-0.39, 0.29) is 5.54 Å². The molecule has 0 aromatic carbocycles. The topological polar surface area (TPSA) is 38.0 Å². The van der Waals surface area contributed by atoms with Crippen LogP contribution in [0.1, 0.15) is 38.5 Å². The summed E-state index contributed by atoms with van der Waals surface area (Å²) in [5.74, 6) is 0. The second kappa shape index (κ2) is 2.71. The Morgan fingerprint density at radius 1 is 1.08 bits per heavy atom. The highest BCUT2D eigenvalue weighted by molar-refractivity contribution is 5.02. The molecule has 0 amide bonds. The Morgan fingerprint density at radius 2 is 1.58 bits per heavy atom. The molecule has 0 unspecified atom stereocenters. The van der Waals surface area contributed by atoms with Crippen molar-refractivity contribution in [3.05, 3.63) is 0 Å². The quantitative estimate of drug-likeness (QED) is 0.651. The van der Waals surface area contributed by atoms with Crippen molar-refractivity contribution in [2.75, 3.05) is 13.6 Å². The lowest BCUT2D eigenvalue weighted by molar-refractivity contribution is 0.0464. The van der Waals surface area contributed by atoms with Crippen LogP contribution in [-0.2, 0) is 0 Å². The van der Waals surface area contributed by atoms with E-state index in [0.717, 1.165) is 0 Å². The van der Waals surface area contributed by atoms with Gasteiger partial charge in [0.15, 0.2) is 0 Å². The Balaban J connectivity index is 2.04. The molecular weight excluding hydrogens is 148 g/mol. The largest absolute Gasteiger partial charge is 0.325 e. The van der Waals surface area contributed by atoms with Gasteiger partial charge in [-0.05, 0) is 51.0 Å². The molecular formula is C10H20N2. The summed E-state index contributed by atoms with van der Waals surface area (Å²) in [7, 11) is 2.06. The Morgan fingerprint density at radius 3 is 2.00 bits per heavy atom. The molecule has 0 aromatic rings. The van der Waals surface area contributed by atoms with Crippen molar-refractivity contribution < 1.29 is 0 Å². The van der Waals surface area contributed by atoms with E-state index in [9.17, 15) is 0 Å². The summed E-state index contributed by atoms with van der Waals surface area (Å²) in [6, 6.07) is 0. The van der Waals surface area contributed by atoms with Crippen LogP contribution in [0.5, 0.6) is 0 Å². The van der Waals surface area contributed by atoms with Crippen molar-refractivity contribution in [2.45, 2.75) is 44.1 Å². The van der Waals surface area contributed by atoms with Gasteiger partial charge in [-0.25, -0.2) is 0 Å². The van der Waals surface area contributed by atoms with Gasteiger partial charge in [0.05, 0.1) is 0 Å². The van der Waals surface area contributed by atoms with Crippen molar-refractivity contribution in [1.82, 2.24) is 5.32 Å². The molecule has 0 aromatic heterocycles. The molecule has 3 rings (SSSR count). The van der Waals surface area contributed by atoms with Gasteiger partial charge in [-0.1, -0.05) is 0 Å². The number of rotatable bonds is 2. The van der Waals surface area contributed by atoms with Gasteiger partial charge >= 0.3 is 0 Å². The monoisotopic (exact) mass is 168 g/mol. The first-order valence-corrected chi connectivity index (χ1v) is 5.12. The summed E-state index contributed by atoms with van der Waals surface area (Å²) in [6.45, 7) is 1.20. The zero-order chi connectivity index (χ0) is 8.66. The third kappa shape index (κ3) is 1.27. The first kappa shape index (κ1) is 8.52. The van der Waals surface area contributed by atoms with Gasteiger partial charge < -0.3 is 11.1 Å². The van der Waals surface area contributed by atoms with Gasteiger partial charge in [0.2, 0.25) is 0 Å². The number of hydrogen-bond acceptors (Lipinski definition) is 2. The molecule has 0 radical (unpaired) electrons. The number of fused-ring (bicyclic) bond motifs is 3. The van der Waals surface area contributed by atoms with Crippen LogP contribution in [0.3, 0.4) is 0 Å². The Kier molecular flexibility index (Phi) is 1.92. The van der Waals surface area contributed by atoms with Gasteiger partial charge in [0.25, 0.3) is 0 Å². The van der Waals surface area contributed by atoms with E-state index in [0.29, 0.717) is 5.41 Å². The number of hydrogen-bond donors (Lipinski definition) is 2. The molecule has 12 heavy (non-hydrogen) atoms. The third-order valence-electron chi connectivity index (χ3n) is 4.01. The summed E-state index contributed by atoms with van der Waals surface area (Å²) in [5.41, 5.74) is 7.08. The number of nitrogens with one attached hydrogen (secondary N) is 1. The molecule has 3 aliphatic rings. The predicted octanol–water partition coefficient (Wildman–Crippen LogP) is 1.26. The van der Waals surface area contributed by atoms with E-state index < -0.39 is 0 Å². The first-order chi connectivity index (χ1) is 5.68. The van der Waals surface area contributed by atoms with Crippen LogP contribution in [0.25, 0.3) is 0 Å². The number of nitrogens with two attached hydrogens (primary N) is 1. The second-order valence-corrected chi connectivity index (χ2v) is 4.89. The molecule has 0 spiro atoms. The normalized spacial score (nSPS) is 46.5. The minimum Gasteiger partial charge on any atom is -0.325 e. The zero-order valence-electron chi connectivity index (χ0n) is 8.03. The van der Waals surface area contributed by atoms with Crippen LogP contribution in [0, 0.1) is 5.41 Å². The molecule has 2 bridgehead atoms.